The first-order valence-electron chi connectivity index (χ1n) is 9.20. The predicted molar refractivity (Wildman–Crippen MR) is 99.1 cm³/mol. The van der Waals surface area contributed by atoms with Crippen LogP contribution in [0.15, 0.2) is 30.6 Å². The number of benzene rings is 1. The third kappa shape index (κ3) is 3.49. The van der Waals surface area contributed by atoms with E-state index in [4.69, 9.17) is 0 Å². The van der Waals surface area contributed by atoms with E-state index in [-0.39, 0.29) is 17.4 Å². The second-order valence-electron chi connectivity index (χ2n) is 7.23. The average Bonchev–Trinajstić information content (AvgIpc) is 3.19. The minimum absolute atomic E-state index is 0.0447. The normalized spacial score (nSPS) is 18.1. The Hall–Kier alpha value is -2.97. The van der Waals surface area contributed by atoms with E-state index in [1.807, 2.05) is 34.1 Å². The molecule has 0 aliphatic carbocycles. The molecule has 142 valence electrons. The number of nitrogens with zero attached hydrogens (tertiary/aromatic N) is 6. The number of piperidine rings is 1. The van der Waals surface area contributed by atoms with E-state index in [2.05, 4.69) is 20.8 Å². The number of hydrogen-bond acceptors (Lipinski definition) is 6. The van der Waals surface area contributed by atoms with Crippen LogP contribution in [0.1, 0.15) is 26.2 Å². The number of amides is 2. The van der Waals surface area contributed by atoms with Crippen molar-refractivity contribution >= 4 is 23.2 Å². The third-order valence-corrected chi connectivity index (χ3v) is 5.46. The number of para-hydroxylation sites is 2. The molecular weight excluding hydrogens is 346 g/mol. The molecule has 1 aromatic heterocycles. The lowest BCUT2D eigenvalue weighted by atomic mass is 9.84. The molecule has 0 radical (unpaired) electrons. The minimum Gasteiger partial charge on any atom is -0.376 e. The summed E-state index contributed by atoms with van der Waals surface area (Å²) in [6.45, 7) is 4.07. The summed E-state index contributed by atoms with van der Waals surface area (Å²) in [6.07, 6.45) is 3.51. The first kappa shape index (κ1) is 17.4. The van der Waals surface area contributed by atoms with Gasteiger partial charge in [0.2, 0.25) is 11.8 Å². The number of hydrogen-bond donors (Lipinski definition) is 1. The Morgan fingerprint density at radius 1 is 1.22 bits per heavy atom. The van der Waals surface area contributed by atoms with Crippen molar-refractivity contribution in [3.05, 3.63) is 30.6 Å². The van der Waals surface area contributed by atoms with Crippen molar-refractivity contribution < 1.29 is 9.59 Å². The predicted octanol–water partition coefficient (Wildman–Crippen LogP) is 0.903. The van der Waals surface area contributed by atoms with Gasteiger partial charge in [0.25, 0.3) is 0 Å². The maximum Gasteiger partial charge on any atom is 0.224 e. The Bertz CT molecular complexity index is 828. The summed E-state index contributed by atoms with van der Waals surface area (Å²) in [7, 11) is 0. The highest BCUT2D eigenvalue weighted by Crippen LogP contribution is 2.39. The molecule has 0 unspecified atom stereocenters. The molecule has 1 fully saturated rings. The highest BCUT2D eigenvalue weighted by atomic mass is 16.2. The van der Waals surface area contributed by atoms with Gasteiger partial charge in [-0.1, -0.05) is 12.1 Å². The van der Waals surface area contributed by atoms with Crippen LogP contribution in [0.5, 0.6) is 0 Å². The first-order valence-corrected chi connectivity index (χ1v) is 9.20. The standard InChI is InChI=1S/C18H23N7O2/c1-14(26)25-12-18(20-15-4-2-3-5-16(15)25)7-10-23(11-8-18)17(27)6-9-24-13-19-21-22-24/h2-5,13,20H,6-12H2,1H3. The van der Waals surface area contributed by atoms with Crippen molar-refractivity contribution in [2.24, 2.45) is 0 Å². The Labute approximate surface area is 157 Å². The van der Waals surface area contributed by atoms with E-state index in [0.717, 1.165) is 24.2 Å². The number of carbonyl (C=O) groups is 2. The van der Waals surface area contributed by atoms with Crippen LogP contribution in [0.2, 0.25) is 0 Å². The fourth-order valence-corrected chi connectivity index (χ4v) is 3.93. The van der Waals surface area contributed by atoms with E-state index in [9.17, 15) is 9.59 Å². The number of likely N-dealkylation sites (tertiary alicyclic amines) is 1. The topological polar surface area (TPSA) is 96.3 Å². The van der Waals surface area contributed by atoms with Crippen LogP contribution in [-0.4, -0.2) is 62.1 Å². The molecule has 2 aliphatic rings. The molecule has 2 amide bonds. The van der Waals surface area contributed by atoms with Gasteiger partial charge < -0.3 is 15.1 Å². The number of fused-ring (bicyclic) bond motifs is 1. The third-order valence-electron chi connectivity index (χ3n) is 5.46. The van der Waals surface area contributed by atoms with Gasteiger partial charge in [-0.15, -0.1) is 5.10 Å². The number of aryl methyl sites for hydroxylation is 1. The van der Waals surface area contributed by atoms with Gasteiger partial charge >= 0.3 is 0 Å². The molecule has 0 saturated carbocycles. The summed E-state index contributed by atoms with van der Waals surface area (Å²) in [6, 6.07) is 7.89. The summed E-state index contributed by atoms with van der Waals surface area (Å²) in [5.41, 5.74) is 1.72. The molecule has 0 bridgehead atoms. The Balaban J connectivity index is 1.41. The smallest absolute Gasteiger partial charge is 0.224 e. The number of carbonyl (C=O) groups excluding carboxylic acids is 2. The van der Waals surface area contributed by atoms with Gasteiger partial charge in [-0.25, -0.2) is 4.68 Å². The van der Waals surface area contributed by atoms with Crippen LogP contribution in [0.4, 0.5) is 11.4 Å². The van der Waals surface area contributed by atoms with Crippen molar-refractivity contribution in [2.75, 3.05) is 29.9 Å². The fraction of sp³-hybridized carbons (Fsp3) is 0.500. The van der Waals surface area contributed by atoms with Crippen molar-refractivity contribution in [3.8, 4) is 0 Å². The SMILES string of the molecule is CC(=O)N1CC2(CCN(C(=O)CCn3cnnn3)CC2)Nc2ccccc21. The van der Waals surface area contributed by atoms with Gasteiger partial charge in [0, 0.05) is 33.0 Å². The lowest BCUT2D eigenvalue weighted by molar-refractivity contribution is -0.133. The molecule has 9 nitrogen and oxygen atoms in total. The highest BCUT2D eigenvalue weighted by Gasteiger charge is 2.41. The van der Waals surface area contributed by atoms with E-state index < -0.39 is 0 Å². The van der Waals surface area contributed by atoms with Gasteiger partial charge in [0.15, 0.2) is 0 Å². The fourth-order valence-electron chi connectivity index (χ4n) is 3.93. The lowest BCUT2D eigenvalue weighted by Gasteiger charge is -2.49. The number of anilines is 2. The van der Waals surface area contributed by atoms with Crippen LogP contribution >= 0.6 is 0 Å². The Morgan fingerprint density at radius 3 is 2.70 bits per heavy atom. The second kappa shape index (κ2) is 6.98. The highest BCUT2D eigenvalue weighted by molar-refractivity contribution is 5.96. The quantitative estimate of drug-likeness (QED) is 0.864. The zero-order valence-corrected chi connectivity index (χ0v) is 15.3. The van der Waals surface area contributed by atoms with Crippen LogP contribution in [0.3, 0.4) is 0 Å². The van der Waals surface area contributed by atoms with Crippen LogP contribution in [0, 0.1) is 0 Å². The summed E-state index contributed by atoms with van der Waals surface area (Å²) in [5.74, 6) is 0.156. The molecule has 0 atom stereocenters. The summed E-state index contributed by atoms with van der Waals surface area (Å²) < 4.78 is 1.56. The largest absolute Gasteiger partial charge is 0.376 e. The number of nitrogens with one attached hydrogen (secondary N) is 1. The van der Waals surface area contributed by atoms with Crippen LogP contribution in [0.25, 0.3) is 0 Å². The molecule has 2 aromatic rings. The molecular formula is C18H23N7O2. The summed E-state index contributed by atoms with van der Waals surface area (Å²) in [5, 5.41) is 14.6. The van der Waals surface area contributed by atoms with E-state index in [1.54, 1.807) is 11.6 Å². The maximum atomic E-state index is 12.5. The number of aromatic nitrogens is 4. The molecule has 1 spiro atoms. The van der Waals surface area contributed by atoms with Crippen LogP contribution < -0.4 is 10.2 Å². The maximum absolute atomic E-state index is 12.5. The molecule has 1 aromatic carbocycles. The molecule has 4 rings (SSSR count). The summed E-state index contributed by atoms with van der Waals surface area (Å²) in [4.78, 5) is 28.4. The molecule has 27 heavy (non-hydrogen) atoms. The van der Waals surface area contributed by atoms with Crippen molar-refractivity contribution in [1.82, 2.24) is 25.1 Å². The first-order chi connectivity index (χ1) is 13.1. The van der Waals surface area contributed by atoms with Crippen molar-refractivity contribution in [1.29, 1.82) is 0 Å². The van der Waals surface area contributed by atoms with Gasteiger partial charge in [-0.05, 0) is 35.4 Å². The molecule has 1 N–H and O–H groups in total. The van der Waals surface area contributed by atoms with Gasteiger partial charge in [-0.2, -0.15) is 0 Å². The van der Waals surface area contributed by atoms with Crippen molar-refractivity contribution in [3.63, 3.8) is 0 Å². The van der Waals surface area contributed by atoms with Gasteiger partial charge in [0.1, 0.15) is 6.33 Å². The Morgan fingerprint density at radius 2 is 2.00 bits per heavy atom. The number of tetrazole rings is 1. The Kier molecular flexibility index (Phi) is 4.51. The molecule has 2 aliphatic heterocycles. The van der Waals surface area contributed by atoms with Gasteiger partial charge in [0.05, 0.1) is 23.5 Å². The molecule has 1 saturated heterocycles. The van der Waals surface area contributed by atoms with Gasteiger partial charge in [-0.3, -0.25) is 9.59 Å². The monoisotopic (exact) mass is 369 g/mol. The average molecular weight is 369 g/mol. The number of rotatable bonds is 3. The zero-order chi connectivity index (χ0) is 18.9. The van der Waals surface area contributed by atoms with E-state index in [0.29, 0.717) is 32.6 Å². The molecule has 3 heterocycles. The second-order valence-corrected chi connectivity index (χ2v) is 7.23. The zero-order valence-electron chi connectivity index (χ0n) is 15.3. The minimum atomic E-state index is -0.188. The van der Waals surface area contributed by atoms with Crippen LogP contribution in [-0.2, 0) is 16.1 Å². The summed E-state index contributed by atoms with van der Waals surface area (Å²) >= 11 is 0. The lowest BCUT2D eigenvalue weighted by Crippen LogP contribution is -2.59. The molecule has 9 heteroatoms. The van der Waals surface area contributed by atoms with Crippen molar-refractivity contribution in [2.45, 2.75) is 38.3 Å². The van der Waals surface area contributed by atoms with E-state index >= 15 is 0 Å². The van der Waals surface area contributed by atoms with E-state index in [1.165, 1.54) is 6.33 Å².